The van der Waals surface area contributed by atoms with Gasteiger partial charge < -0.3 is 20.9 Å². The quantitative estimate of drug-likeness (QED) is 0.350. The van der Waals surface area contributed by atoms with Crippen LogP contribution in [0.2, 0.25) is 0 Å². The standard InChI is InChI=1S/C25H34F6N4O6S/c1-23(2,3)18(34-22(39)25(29,30)31)21(38)35-14-5-6-15(24(27,28)11-14)17(35)20(37)33-13(10-16(26)42(4,40)41)9-12-7-8-32-19(12)36/h10,12-15,17-18H,5-9,11H2,1-4H3,(H,32,36)(H,33,37)(H,34,39)/b16-10-/t12-,13+,14+,15+,17-,18-/m1/s1. The molecule has 1 aliphatic carbocycles. The van der Waals surface area contributed by atoms with Gasteiger partial charge in [0.2, 0.25) is 32.7 Å². The molecular weight excluding hydrogens is 598 g/mol. The molecule has 4 aliphatic rings. The van der Waals surface area contributed by atoms with Crippen molar-refractivity contribution in [2.24, 2.45) is 17.3 Å². The van der Waals surface area contributed by atoms with E-state index in [-0.39, 0.29) is 32.2 Å². The lowest BCUT2D eigenvalue weighted by Gasteiger charge is -2.55. The molecule has 4 rings (SSSR count). The maximum absolute atomic E-state index is 15.1. The molecule has 0 spiro atoms. The van der Waals surface area contributed by atoms with Crippen molar-refractivity contribution in [3.8, 4) is 0 Å². The van der Waals surface area contributed by atoms with Crippen LogP contribution in [0.15, 0.2) is 11.2 Å². The molecule has 3 aliphatic heterocycles. The molecule has 0 aromatic carbocycles. The van der Waals surface area contributed by atoms with Crippen molar-refractivity contribution in [3.63, 3.8) is 0 Å². The molecular formula is C25H34F6N4O6S. The van der Waals surface area contributed by atoms with Gasteiger partial charge in [0.15, 0.2) is 0 Å². The molecule has 1 saturated carbocycles. The minimum absolute atomic E-state index is 0.00808. The third-order valence-electron chi connectivity index (χ3n) is 7.82. The number of rotatable bonds is 8. The van der Waals surface area contributed by atoms with Crippen LogP contribution in [-0.4, -0.2) is 86.0 Å². The van der Waals surface area contributed by atoms with Crippen molar-refractivity contribution in [1.82, 2.24) is 20.9 Å². The van der Waals surface area contributed by atoms with Crippen molar-refractivity contribution in [2.45, 2.75) is 89.1 Å². The summed E-state index contributed by atoms with van der Waals surface area (Å²) in [6, 6.07) is -6.56. The second-order valence-corrected chi connectivity index (χ2v) is 14.1. The average molecular weight is 633 g/mol. The van der Waals surface area contributed by atoms with Crippen LogP contribution in [0.1, 0.15) is 52.9 Å². The molecule has 0 aromatic rings. The van der Waals surface area contributed by atoms with Gasteiger partial charge in [-0.3, -0.25) is 19.2 Å². The molecule has 0 unspecified atom stereocenters. The van der Waals surface area contributed by atoms with E-state index in [1.165, 1.54) is 20.8 Å². The zero-order valence-corrected chi connectivity index (χ0v) is 24.2. The lowest BCUT2D eigenvalue weighted by molar-refractivity contribution is -0.197. The van der Waals surface area contributed by atoms with Crippen molar-refractivity contribution in [3.05, 3.63) is 11.2 Å². The highest BCUT2D eigenvalue weighted by atomic mass is 32.2. The number of halogens is 6. The van der Waals surface area contributed by atoms with Gasteiger partial charge in [0.05, 0.1) is 12.0 Å². The van der Waals surface area contributed by atoms with Crippen molar-refractivity contribution >= 4 is 33.5 Å². The predicted octanol–water partition coefficient (Wildman–Crippen LogP) is 1.96. The van der Waals surface area contributed by atoms with Gasteiger partial charge in [0, 0.05) is 31.2 Å². The largest absolute Gasteiger partial charge is 0.471 e. The Balaban J connectivity index is 2.00. The molecule has 2 bridgehead atoms. The Morgan fingerprint density at radius 1 is 1.12 bits per heavy atom. The molecule has 4 amide bonds. The Morgan fingerprint density at radius 3 is 2.21 bits per heavy atom. The van der Waals surface area contributed by atoms with Crippen molar-refractivity contribution in [2.75, 3.05) is 12.8 Å². The van der Waals surface area contributed by atoms with E-state index in [9.17, 15) is 45.2 Å². The first-order chi connectivity index (χ1) is 19.0. The zero-order valence-electron chi connectivity index (χ0n) is 23.4. The van der Waals surface area contributed by atoms with Gasteiger partial charge in [-0.2, -0.15) is 17.6 Å². The summed E-state index contributed by atoms with van der Waals surface area (Å²) in [5, 5.41) is 4.81. The normalized spacial score (nSPS) is 27.7. The maximum Gasteiger partial charge on any atom is 0.471 e. The van der Waals surface area contributed by atoms with Crippen LogP contribution < -0.4 is 16.0 Å². The number of nitrogens with zero attached hydrogens (tertiary/aromatic N) is 1. The molecule has 3 heterocycles. The first kappa shape index (κ1) is 33.6. The molecule has 3 saturated heterocycles. The number of carbonyl (C=O) groups excluding carboxylic acids is 4. The fourth-order valence-electron chi connectivity index (χ4n) is 5.73. The Labute approximate surface area is 238 Å². The monoisotopic (exact) mass is 632 g/mol. The number of nitrogens with one attached hydrogen (secondary N) is 3. The summed E-state index contributed by atoms with van der Waals surface area (Å²) < 4.78 is 107. The van der Waals surface area contributed by atoms with E-state index in [0.29, 0.717) is 12.3 Å². The highest BCUT2D eigenvalue weighted by Crippen LogP contribution is 2.49. The zero-order chi connectivity index (χ0) is 32.0. The first-order valence-corrected chi connectivity index (χ1v) is 15.2. The summed E-state index contributed by atoms with van der Waals surface area (Å²) in [5.74, 6) is -11.3. The molecule has 238 valence electrons. The first-order valence-electron chi connectivity index (χ1n) is 13.3. The van der Waals surface area contributed by atoms with E-state index in [4.69, 9.17) is 0 Å². The van der Waals surface area contributed by atoms with Crippen LogP contribution >= 0.6 is 0 Å². The lowest BCUT2D eigenvalue weighted by Crippen LogP contribution is -2.71. The molecule has 17 heteroatoms. The number of hydrogen-bond acceptors (Lipinski definition) is 6. The SMILES string of the molecule is CC(C)(C)[C@H](NC(=O)C(F)(F)F)C(=O)N1[C@H]2CC[C@@H]([C@@H]1C(=O)N[C@H](/C=C(/F)S(C)(=O)=O)C[C@H]1CCNC1=O)C(F)(F)C2. The lowest BCUT2D eigenvalue weighted by atomic mass is 9.70. The van der Waals surface area contributed by atoms with Crippen LogP contribution in [0.5, 0.6) is 0 Å². The highest BCUT2D eigenvalue weighted by Gasteiger charge is 2.61. The van der Waals surface area contributed by atoms with Crippen LogP contribution in [0.3, 0.4) is 0 Å². The second kappa shape index (κ2) is 11.7. The molecule has 0 radical (unpaired) electrons. The summed E-state index contributed by atoms with van der Waals surface area (Å²) >= 11 is 0. The van der Waals surface area contributed by atoms with Crippen molar-refractivity contribution < 1.29 is 53.9 Å². The van der Waals surface area contributed by atoms with Gasteiger partial charge in [-0.1, -0.05) is 20.8 Å². The number of piperidine rings is 2. The minimum Gasteiger partial charge on any atom is -0.356 e. The van der Waals surface area contributed by atoms with E-state index < -0.39 is 98.6 Å². The van der Waals surface area contributed by atoms with E-state index in [0.717, 1.165) is 4.90 Å². The molecule has 0 aromatic heterocycles. The van der Waals surface area contributed by atoms with Gasteiger partial charge >= 0.3 is 12.1 Å². The molecule has 3 N–H and O–H groups in total. The number of fused-ring (bicyclic) bond motifs is 3. The Bertz CT molecular complexity index is 1250. The van der Waals surface area contributed by atoms with Gasteiger partial charge in [0.25, 0.3) is 5.92 Å². The van der Waals surface area contributed by atoms with Gasteiger partial charge in [-0.25, -0.2) is 17.2 Å². The topological polar surface area (TPSA) is 142 Å². The van der Waals surface area contributed by atoms with E-state index in [2.05, 4.69) is 10.6 Å². The third kappa shape index (κ3) is 7.37. The highest BCUT2D eigenvalue weighted by molar-refractivity contribution is 7.94. The molecule has 4 fully saturated rings. The van der Waals surface area contributed by atoms with Crippen LogP contribution in [0.4, 0.5) is 26.3 Å². The molecule has 42 heavy (non-hydrogen) atoms. The van der Waals surface area contributed by atoms with Crippen molar-refractivity contribution in [1.29, 1.82) is 0 Å². The number of carbonyl (C=O) groups is 4. The Kier molecular flexibility index (Phi) is 9.36. The summed E-state index contributed by atoms with van der Waals surface area (Å²) in [7, 11) is -4.38. The summed E-state index contributed by atoms with van der Waals surface area (Å²) in [5.41, 5.74) is -1.35. The molecule has 10 nitrogen and oxygen atoms in total. The second-order valence-electron chi connectivity index (χ2n) is 12.1. The smallest absolute Gasteiger partial charge is 0.356 e. The summed E-state index contributed by atoms with van der Waals surface area (Å²) in [6.45, 7) is 4.31. The Morgan fingerprint density at radius 2 is 1.74 bits per heavy atom. The van der Waals surface area contributed by atoms with Crippen LogP contribution in [0.25, 0.3) is 0 Å². The van der Waals surface area contributed by atoms with Gasteiger partial charge in [0.1, 0.15) is 12.1 Å². The van der Waals surface area contributed by atoms with Crippen LogP contribution in [0, 0.1) is 17.3 Å². The van der Waals surface area contributed by atoms with Gasteiger partial charge in [-0.05, 0) is 37.2 Å². The van der Waals surface area contributed by atoms with E-state index >= 15 is 8.78 Å². The molecule has 6 atom stereocenters. The number of amides is 4. The van der Waals surface area contributed by atoms with Crippen LogP contribution in [-0.2, 0) is 29.0 Å². The summed E-state index contributed by atoms with van der Waals surface area (Å²) in [6.07, 6.45) is -5.38. The summed E-state index contributed by atoms with van der Waals surface area (Å²) in [4.78, 5) is 52.0. The maximum atomic E-state index is 15.1. The van der Waals surface area contributed by atoms with E-state index in [1.54, 1.807) is 5.32 Å². The number of hydrogen-bond donors (Lipinski definition) is 3. The van der Waals surface area contributed by atoms with Gasteiger partial charge in [-0.15, -0.1) is 0 Å². The third-order valence-corrected chi connectivity index (χ3v) is 8.66. The fourth-order valence-corrected chi connectivity index (χ4v) is 6.14. The number of alkyl halides is 5. The van der Waals surface area contributed by atoms with E-state index in [1.807, 2.05) is 0 Å². The fraction of sp³-hybridized carbons (Fsp3) is 0.760. The minimum atomic E-state index is -5.36. The number of sulfone groups is 1. The Hall–Kier alpha value is -2.85. The average Bonchev–Trinajstić information content (AvgIpc) is 3.22. The predicted molar refractivity (Wildman–Crippen MR) is 136 cm³/mol.